The lowest BCUT2D eigenvalue weighted by Crippen LogP contribution is -2.02. The Labute approximate surface area is 119 Å². The summed E-state index contributed by atoms with van der Waals surface area (Å²) in [5.41, 5.74) is 3.37. The van der Waals surface area contributed by atoms with E-state index in [0.29, 0.717) is 19.8 Å². The van der Waals surface area contributed by atoms with E-state index < -0.39 is 0 Å². The van der Waals surface area contributed by atoms with Crippen molar-refractivity contribution < 1.29 is 14.2 Å². The molecule has 0 unspecified atom stereocenters. The molecular weight excluding hydrogens is 252 g/mol. The van der Waals surface area contributed by atoms with Gasteiger partial charge in [0, 0.05) is 5.56 Å². The van der Waals surface area contributed by atoms with Crippen LogP contribution in [0, 0.1) is 6.92 Å². The molecule has 20 heavy (non-hydrogen) atoms. The summed E-state index contributed by atoms with van der Waals surface area (Å²) in [5, 5.41) is 0. The van der Waals surface area contributed by atoms with E-state index in [1.54, 1.807) is 0 Å². The second-order valence-corrected chi connectivity index (χ2v) is 4.87. The molecule has 1 heterocycles. The van der Waals surface area contributed by atoms with Crippen molar-refractivity contribution in [2.24, 2.45) is 0 Å². The minimum Gasteiger partial charge on any atom is -0.489 e. The van der Waals surface area contributed by atoms with Crippen LogP contribution in [0.3, 0.4) is 0 Å². The van der Waals surface area contributed by atoms with Gasteiger partial charge in [0.1, 0.15) is 12.4 Å². The van der Waals surface area contributed by atoms with Crippen molar-refractivity contribution >= 4 is 0 Å². The van der Waals surface area contributed by atoms with Crippen molar-refractivity contribution in [2.45, 2.75) is 19.8 Å². The maximum Gasteiger partial charge on any atom is 0.184 e. The molecule has 0 spiro atoms. The van der Waals surface area contributed by atoms with Gasteiger partial charge in [-0.3, -0.25) is 0 Å². The number of rotatable bonds is 4. The number of benzene rings is 2. The molecule has 3 nitrogen and oxygen atoms in total. The Balaban J connectivity index is 1.67. The molecule has 0 radical (unpaired) electrons. The fraction of sp³-hybridized carbons (Fsp3) is 0.294. The highest BCUT2D eigenvalue weighted by Gasteiger charge is 2.20. The second-order valence-electron chi connectivity index (χ2n) is 4.87. The van der Waals surface area contributed by atoms with Crippen LogP contribution in [0.1, 0.15) is 23.0 Å². The predicted octanol–water partition coefficient (Wildman–Crippen LogP) is 3.62. The topological polar surface area (TPSA) is 27.7 Å². The average molecular weight is 270 g/mol. The van der Waals surface area contributed by atoms with Crippen LogP contribution < -0.4 is 4.74 Å². The van der Waals surface area contributed by atoms with Gasteiger partial charge in [-0.25, -0.2) is 0 Å². The quantitative estimate of drug-likeness (QED) is 0.849. The lowest BCUT2D eigenvalue weighted by molar-refractivity contribution is -0.0445. The minimum atomic E-state index is -0.224. The van der Waals surface area contributed by atoms with E-state index in [2.05, 4.69) is 19.1 Å². The van der Waals surface area contributed by atoms with Gasteiger partial charge < -0.3 is 14.2 Å². The van der Waals surface area contributed by atoms with Crippen molar-refractivity contribution in [2.75, 3.05) is 13.2 Å². The van der Waals surface area contributed by atoms with Gasteiger partial charge in [0.15, 0.2) is 6.29 Å². The summed E-state index contributed by atoms with van der Waals surface area (Å²) in [5.74, 6) is 0.869. The van der Waals surface area contributed by atoms with Crippen LogP contribution in [0.15, 0.2) is 48.5 Å². The molecule has 0 amide bonds. The van der Waals surface area contributed by atoms with Gasteiger partial charge in [-0.15, -0.1) is 0 Å². The third-order valence-corrected chi connectivity index (χ3v) is 3.37. The lowest BCUT2D eigenvalue weighted by Gasteiger charge is -2.14. The van der Waals surface area contributed by atoms with Crippen LogP contribution in [-0.4, -0.2) is 13.2 Å². The van der Waals surface area contributed by atoms with Crippen molar-refractivity contribution in [3.05, 3.63) is 65.2 Å². The van der Waals surface area contributed by atoms with E-state index in [9.17, 15) is 0 Å². The third-order valence-electron chi connectivity index (χ3n) is 3.37. The predicted molar refractivity (Wildman–Crippen MR) is 76.6 cm³/mol. The summed E-state index contributed by atoms with van der Waals surface area (Å²) in [6.45, 7) is 3.96. The lowest BCUT2D eigenvalue weighted by atomic mass is 10.1. The summed E-state index contributed by atoms with van der Waals surface area (Å²) in [4.78, 5) is 0. The largest absolute Gasteiger partial charge is 0.489 e. The Bertz CT molecular complexity index is 560. The van der Waals surface area contributed by atoms with E-state index in [0.717, 1.165) is 22.4 Å². The highest BCUT2D eigenvalue weighted by Crippen LogP contribution is 2.28. The maximum absolute atomic E-state index is 5.81. The molecule has 2 aromatic carbocycles. The first-order valence-electron chi connectivity index (χ1n) is 6.83. The fourth-order valence-corrected chi connectivity index (χ4v) is 2.28. The molecule has 3 rings (SSSR count). The van der Waals surface area contributed by atoms with E-state index >= 15 is 0 Å². The Morgan fingerprint density at radius 2 is 1.80 bits per heavy atom. The molecule has 0 saturated carbocycles. The molecule has 1 fully saturated rings. The van der Waals surface area contributed by atoms with E-state index in [4.69, 9.17) is 14.2 Å². The first-order valence-corrected chi connectivity index (χ1v) is 6.83. The van der Waals surface area contributed by atoms with Crippen LogP contribution >= 0.6 is 0 Å². The summed E-state index contributed by atoms with van der Waals surface area (Å²) < 4.78 is 16.9. The molecule has 1 saturated heterocycles. The molecule has 104 valence electrons. The van der Waals surface area contributed by atoms with Crippen molar-refractivity contribution in [3.8, 4) is 5.75 Å². The molecule has 1 aliphatic rings. The number of hydrogen-bond donors (Lipinski definition) is 0. The first kappa shape index (κ1) is 13.2. The normalized spacial score (nSPS) is 15.4. The van der Waals surface area contributed by atoms with Gasteiger partial charge in [-0.05, 0) is 30.2 Å². The molecule has 1 aliphatic heterocycles. The Morgan fingerprint density at radius 3 is 2.50 bits per heavy atom. The molecule has 0 bridgehead atoms. The van der Waals surface area contributed by atoms with E-state index in [1.807, 2.05) is 36.4 Å². The van der Waals surface area contributed by atoms with Crippen molar-refractivity contribution in [1.29, 1.82) is 0 Å². The zero-order chi connectivity index (χ0) is 13.8. The average Bonchev–Trinajstić information content (AvgIpc) is 3.00. The summed E-state index contributed by atoms with van der Waals surface area (Å²) >= 11 is 0. The van der Waals surface area contributed by atoms with Gasteiger partial charge >= 0.3 is 0 Å². The Morgan fingerprint density at radius 1 is 1.05 bits per heavy atom. The first-order chi connectivity index (χ1) is 9.83. The van der Waals surface area contributed by atoms with Crippen LogP contribution in [0.2, 0.25) is 0 Å². The smallest absolute Gasteiger partial charge is 0.184 e. The minimum absolute atomic E-state index is 0.224. The molecular formula is C17H18O3. The summed E-state index contributed by atoms with van der Waals surface area (Å²) in [6, 6.07) is 16.2. The van der Waals surface area contributed by atoms with Gasteiger partial charge in [0.2, 0.25) is 0 Å². The Hall–Kier alpha value is -1.84. The molecule has 0 aromatic heterocycles. The Kier molecular flexibility index (Phi) is 4.00. The summed E-state index contributed by atoms with van der Waals surface area (Å²) in [7, 11) is 0. The van der Waals surface area contributed by atoms with Crippen LogP contribution in [0.25, 0.3) is 0 Å². The van der Waals surface area contributed by atoms with E-state index in [1.165, 1.54) is 0 Å². The monoisotopic (exact) mass is 270 g/mol. The van der Waals surface area contributed by atoms with E-state index in [-0.39, 0.29) is 6.29 Å². The highest BCUT2D eigenvalue weighted by atomic mass is 16.7. The van der Waals surface area contributed by atoms with Gasteiger partial charge in [-0.2, -0.15) is 0 Å². The number of aryl methyl sites for hydroxylation is 1. The van der Waals surface area contributed by atoms with Crippen LogP contribution in [0.4, 0.5) is 0 Å². The van der Waals surface area contributed by atoms with Crippen molar-refractivity contribution in [1.82, 2.24) is 0 Å². The zero-order valence-corrected chi connectivity index (χ0v) is 11.5. The molecule has 0 aliphatic carbocycles. The molecule has 0 atom stereocenters. The van der Waals surface area contributed by atoms with Crippen LogP contribution in [-0.2, 0) is 16.1 Å². The molecule has 3 heteroatoms. The molecule has 0 N–H and O–H groups in total. The van der Waals surface area contributed by atoms with Gasteiger partial charge in [0.05, 0.1) is 13.2 Å². The van der Waals surface area contributed by atoms with Crippen LogP contribution in [0.5, 0.6) is 5.75 Å². The highest BCUT2D eigenvalue weighted by molar-refractivity contribution is 5.36. The zero-order valence-electron chi connectivity index (χ0n) is 11.5. The van der Waals surface area contributed by atoms with Gasteiger partial charge in [-0.1, -0.05) is 36.4 Å². The number of ether oxygens (including phenoxy) is 3. The van der Waals surface area contributed by atoms with Gasteiger partial charge in [0.25, 0.3) is 0 Å². The SMILES string of the molecule is Cc1cc(OCc2ccccc2)ccc1C1OCCO1. The second kappa shape index (κ2) is 6.07. The standard InChI is InChI=1S/C17H18O3/c1-13-11-15(20-12-14-5-3-2-4-6-14)7-8-16(13)17-18-9-10-19-17/h2-8,11,17H,9-10,12H2,1H3. The molecule has 2 aromatic rings. The maximum atomic E-state index is 5.81. The fourth-order valence-electron chi connectivity index (χ4n) is 2.28. The van der Waals surface area contributed by atoms with Crippen molar-refractivity contribution in [3.63, 3.8) is 0 Å². The number of hydrogen-bond acceptors (Lipinski definition) is 3. The third kappa shape index (κ3) is 3.00. The summed E-state index contributed by atoms with van der Waals surface area (Å²) in [6.07, 6.45) is -0.224.